The molecule has 1 aromatic carbocycles. The van der Waals surface area contributed by atoms with Gasteiger partial charge in [0.1, 0.15) is 0 Å². The summed E-state index contributed by atoms with van der Waals surface area (Å²) < 4.78 is 0. The van der Waals surface area contributed by atoms with E-state index in [0.29, 0.717) is 0 Å². The molecule has 84 valence electrons. The van der Waals surface area contributed by atoms with Crippen molar-refractivity contribution in [1.82, 2.24) is 4.90 Å². The van der Waals surface area contributed by atoms with Crippen LogP contribution in [0.4, 0.5) is 0 Å². The first-order valence-electron chi connectivity index (χ1n) is 5.58. The van der Waals surface area contributed by atoms with Gasteiger partial charge in [0.05, 0.1) is 5.00 Å². The van der Waals surface area contributed by atoms with E-state index < -0.39 is 0 Å². The van der Waals surface area contributed by atoms with Crippen molar-refractivity contribution in [1.29, 1.82) is 0 Å². The normalized spacial score (nSPS) is 15.3. The molecule has 0 aliphatic carbocycles. The molecule has 0 bridgehead atoms. The third-order valence-electron chi connectivity index (χ3n) is 2.79. The molecule has 0 aromatic heterocycles. The van der Waals surface area contributed by atoms with Crippen LogP contribution in [0, 0.1) is 0 Å². The first-order valence-corrected chi connectivity index (χ1v) is 5.96. The zero-order valence-corrected chi connectivity index (χ0v) is 10.6. The second kappa shape index (κ2) is 5.53. The Bertz CT molecular complexity index is 278. The fourth-order valence-electron chi connectivity index (χ4n) is 1.96. The molecular weight excluding hydrogens is 206 g/mol. The third-order valence-corrected chi connectivity index (χ3v) is 3.17. The van der Waals surface area contributed by atoms with Crippen molar-refractivity contribution in [2.45, 2.75) is 32.2 Å². The van der Waals surface area contributed by atoms with Crippen LogP contribution in [0.15, 0.2) is 30.3 Å². The Morgan fingerprint density at radius 2 is 1.67 bits per heavy atom. The lowest BCUT2D eigenvalue weighted by Crippen LogP contribution is -2.43. The maximum Gasteiger partial charge on any atom is 0.0972 e. The summed E-state index contributed by atoms with van der Waals surface area (Å²) in [6.07, 6.45) is 0.886. The van der Waals surface area contributed by atoms with Crippen molar-refractivity contribution in [3.8, 4) is 0 Å². The van der Waals surface area contributed by atoms with Gasteiger partial charge in [-0.25, -0.2) is 0 Å². The monoisotopic (exact) mass is 225 g/mol. The van der Waals surface area contributed by atoms with Gasteiger partial charge < -0.3 is 0 Å². The average Bonchev–Trinajstić information content (AvgIpc) is 2.19. The lowest BCUT2D eigenvalue weighted by molar-refractivity contribution is 0.194. The van der Waals surface area contributed by atoms with Crippen LogP contribution in [-0.4, -0.2) is 23.0 Å². The van der Waals surface area contributed by atoms with E-state index in [-0.39, 0.29) is 5.00 Å². The summed E-state index contributed by atoms with van der Waals surface area (Å²) in [4.78, 5) is 2.01. The molecule has 1 rings (SSSR count). The Kier molecular flexibility index (Phi) is 4.62. The molecule has 0 heterocycles. The molecule has 1 atom stereocenters. The number of benzene rings is 1. The van der Waals surface area contributed by atoms with Crippen molar-refractivity contribution in [3.63, 3.8) is 0 Å². The van der Waals surface area contributed by atoms with E-state index in [2.05, 4.69) is 49.9 Å². The Labute approximate surface area is 98.0 Å². The van der Waals surface area contributed by atoms with Gasteiger partial charge in [0.25, 0.3) is 0 Å². The molecular formula is C13H20ClN. The van der Waals surface area contributed by atoms with Crippen LogP contribution < -0.4 is 0 Å². The highest BCUT2D eigenvalue weighted by Crippen LogP contribution is 2.24. The summed E-state index contributed by atoms with van der Waals surface area (Å²) in [6, 6.07) is 10.4. The van der Waals surface area contributed by atoms with E-state index in [1.807, 2.05) is 6.07 Å². The first kappa shape index (κ1) is 12.5. The summed E-state index contributed by atoms with van der Waals surface area (Å²) in [5.41, 5.74) is 1.29. The smallest absolute Gasteiger partial charge is 0.0972 e. The molecule has 2 heteroatoms. The van der Waals surface area contributed by atoms with E-state index in [0.717, 1.165) is 19.5 Å². The van der Waals surface area contributed by atoms with E-state index in [1.165, 1.54) is 5.56 Å². The number of alkyl halides is 1. The molecule has 0 aliphatic rings. The second-order valence-electron chi connectivity index (χ2n) is 3.98. The maximum absolute atomic E-state index is 6.56. The van der Waals surface area contributed by atoms with Gasteiger partial charge in [0.15, 0.2) is 0 Å². The quantitative estimate of drug-likeness (QED) is 0.548. The van der Waals surface area contributed by atoms with Gasteiger partial charge in [0.2, 0.25) is 0 Å². The molecule has 0 saturated heterocycles. The summed E-state index contributed by atoms with van der Waals surface area (Å²) in [5, 5.41) is 0. The highest BCUT2D eigenvalue weighted by atomic mass is 35.5. The van der Waals surface area contributed by atoms with Gasteiger partial charge >= 0.3 is 0 Å². The van der Waals surface area contributed by atoms with Gasteiger partial charge in [-0.1, -0.05) is 44.2 Å². The number of halogens is 1. The van der Waals surface area contributed by atoms with Crippen LogP contribution in [0.2, 0.25) is 0 Å². The van der Waals surface area contributed by atoms with Crippen LogP contribution in [-0.2, 0) is 6.42 Å². The lowest BCUT2D eigenvalue weighted by Gasteiger charge is -2.35. The van der Waals surface area contributed by atoms with Gasteiger partial charge in [-0.15, -0.1) is 11.6 Å². The SMILES string of the molecule is CCN(CC)C(C)(Cl)Cc1ccccc1. The predicted octanol–water partition coefficient (Wildman–Crippen LogP) is 3.53. The zero-order valence-electron chi connectivity index (χ0n) is 9.83. The Balaban J connectivity index is 2.71. The number of hydrogen-bond donors (Lipinski definition) is 0. The number of rotatable bonds is 5. The zero-order chi connectivity index (χ0) is 11.3. The molecule has 0 aliphatic heterocycles. The van der Waals surface area contributed by atoms with Crippen molar-refractivity contribution < 1.29 is 0 Å². The molecule has 0 amide bonds. The largest absolute Gasteiger partial charge is 0.285 e. The summed E-state index contributed by atoms with van der Waals surface area (Å²) in [5.74, 6) is 0. The summed E-state index contributed by atoms with van der Waals surface area (Å²) >= 11 is 6.56. The highest BCUT2D eigenvalue weighted by Gasteiger charge is 2.26. The molecule has 0 N–H and O–H groups in total. The Hall–Kier alpha value is -0.530. The maximum atomic E-state index is 6.56. The minimum Gasteiger partial charge on any atom is -0.285 e. The van der Waals surface area contributed by atoms with Crippen LogP contribution in [0.1, 0.15) is 26.3 Å². The number of hydrogen-bond acceptors (Lipinski definition) is 1. The van der Waals surface area contributed by atoms with Crippen LogP contribution in [0.25, 0.3) is 0 Å². The minimum atomic E-state index is -0.273. The van der Waals surface area contributed by atoms with Crippen molar-refractivity contribution in [2.24, 2.45) is 0 Å². The fraction of sp³-hybridized carbons (Fsp3) is 0.538. The van der Waals surface area contributed by atoms with E-state index in [1.54, 1.807) is 0 Å². The Morgan fingerprint density at radius 1 is 1.13 bits per heavy atom. The fourth-order valence-corrected chi connectivity index (χ4v) is 2.36. The van der Waals surface area contributed by atoms with Crippen molar-refractivity contribution in [3.05, 3.63) is 35.9 Å². The standard InChI is InChI=1S/C13H20ClN/c1-4-15(5-2)13(3,14)11-12-9-7-6-8-10-12/h6-10H,4-5,11H2,1-3H3. The number of likely N-dealkylation sites (N-methyl/N-ethyl adjacent to an activating group) is 1. The molecule has 0 fully saturated rings. The molecule has 15 heavy (non-hydrogen) atoms. The van der Waals surface area contributed by atoms with Crippen LogP contribution in [0.3, 0.4) is 0 Å². The molecule has 1 aromatic rings. The topological polar surface area (TPSA) is 3.24 Å². The molecule has 0 radical (unpaired) electrons. The average molecular weight is 226 g/mol. The molecule has 0 saturated carbocycles. The second-order valence-corrected chi connectivity index (χ2v) is 4.79. The molecule has 1 unspecified atom stereocenters. The third kappa shape index (κ3) is 3.51. The van der Waals surface area contributed by atoms with Gasteiger partial charge in [0, 0.05) is 6.42 Å². The van der Waals surface area contributed by atoms with Crippen LogP contribution >= 0.6 is 11.6 Å². The summed E-state index contributed by atoms with van der Waals surface area (Å²) in [6.45, 7) is 8.37. The molecule has 0 spiro atoms. The highest BCUT2D eigenvalue weighted by molar-refractivity contribution is 6.23. The first-order chi connectivity index (χ1) is 7.10. The lowest BCUT2D eigenvalue weighted by atomic mass is 10.1. The van der Waals surface area contributed by atoms with Crippen LogP contribution in [0.5, 0.6) is 0 Å². The Morgan fingerprint density at radius 3 is 2.13 bits per heavy atom. The van der Waals surface area contributed by atoms with Crippen molar-refractivity contribution >= 4 is 11.6 Å². The van der Waals surface area contributed by atoms with E-state index in [9.17, 15) is 0 Å². The summed E-state index contributed by atoms with van der Waals surface area (Å²) in [7, 11) is 0. The minimum absolute atomic E-state index is 0.273. The van der Waals surface area contributed by atoms with Gasteiger partial charge in [-0.2, -0.15) is 0 Å². The van der Waals surface area contributed by atoms with Gasteiger partial charge in [-0.3, -0.25) is 4.90 Å². The van der Waals surface area contributed by atoms with Gasteiger partial charge in [-0.05, 0) is 25.6 Å². The van der Waals surface area contributed by atoms with E-state index in [4.69, 9.17) is 11.6 Å². The predicted molar refractivity (Wildman–Crippen MR) is 67.3 cm³/mol. The van der Waals surface area contributed by atoms with E-state index >= 15 is 0 Å². The van der Waals surface area contributed by atoms with Crippen molar-refractivity contribution in [2.75, 3.05) is 13.1 Å². The molecule has 1 nitrogen and oxygen atoms in total. The number of nitrogens with zero attached hydrogens (tertiary/aromatic N) is 1.